The van der Waals surface area contributed by atoms with Crippen molar-refractivity contribution in [1.29, 1.82) is 0 Å². The number of carbonyl (C=O) groups excluding carboxylic acids is 2. The van der Waals surface area contributed by atoms with Gasteiger partial charge in [-0.05, 0) is 37.5 Å². The topological polar surface area (TPSA) is 88.7 Å². The van der Waals surface area contributed by atoms with Gasteiger partial charge in [-0.15, -0.1) is 0 Å². The van der Waals surface area contributed by atoms with E-state index in [4.69, 9.17) is 9.47 Å². The van der Waals surface area contributed by atoms with Gasteiger partial charge in [-0.1, -0.05) is 18.9 Å². The number of ether oxygens (including phenoxy) is 2. The summed E-state index contributed by atoms with van der Waals surface area (Å²) in [6.07, 6.45) is 4.36. The zero-order valence-corrected chi connectivity index (χ0v) is 13.8. The fourth-order valence-electron chi connectivity index (χ4n) is 2.94. The summed E-state index contributed by atoms with van der Waals surface area (Å²) in [4.78, 5) is 24.0. The number of benzene rings is 1. The van der Waals surface area contributed by atoms with Gasteiger partial charge in [0, 0.05) is 12.6 Å². The molecule has 3 amide bonds. The van der Waals surface area contributed by atoms with E-state index in [1.807, 2.05) is 18.2 Å². The quantitative estimate of drug-likeness (QED) is 0.765. The average molecular weight is 333 g/mol. The van der Waals surface area contributed by atoms with E-state index in [-0.39, 0.29) is 24.8 Å². The number of urea groups is 1. The molecule has 0 spiro atoms. The summed E-state index contributed by atoms with van der Waals surface area (Å²) in [7, 11) is 0. The lowest BCUT2D eigenvalue weighted by atomic mass is 10.2. The summed E-state index contributed by atoms with van der Waals surface area (Å²) in [6, 6.07) is 4.82. The number of rotatable bonds is 5. The first-order valence-electron chi connectivity index (χ1n) is 8.35. The molecule has 0 aromatic heterocycles. The van der Waals surface area contributed by atoms with Crippen LogP contribution >= 0.6 is 0 Å². The molecule has 130 valence electrons. The number of nitrogens with one attached hydrogen (secondary N) is 3. The van der Waals surface area contributed by atoms with Crippen LogP contribution in [-0.2, 0) is 11.3 Å². The van der Waals surface area contributed by atoms with Crippen LogP contribution in [0.2, 0.25) is 0 Å². The van der Waals surface area contributed by atoms with Crippen molar-refractivity contribution in [2.45, 2.75) is 51.2 Å². The van der Waals surface area contributed by atoms with E-state index in [1.165, 1.54) is 0 Å². The Morgan fingerprint density at radius 3 is 2.75 bits per heavy atom. The molecular formula is C17H23N3O4. The second kappa shape index (κ2) is 7.42. The van der Waals surface area contributed by atoms with E-state index in [0.29, 0.717) is 18.0 Å². The fourth-order valence-corrected chi connectivity index (χ4v) is 2.94. The van der Waals surface area contributed by atoms with Gasteiger partial charge in [-0.25, -0.2) is 4.79 Å². The maximum atomic E-state index is 12.1. The van der Waals surface area contributed by atoms with Crippen molar-refractivity contribution in [1.82, 2.24) is 16.0 Å². The first-order chi connectivity index (χ1) is 11.6. The summed E-state index contributed by atoms with van der Waals surface area (Å²) in [6.45, 7) is 2.25. The molecule has 7 heteroatoms. The molecule has 1 aliphatic carbocycles. The molecule has 1 heterocycles. The van der Waals surface area contributed by atoms with Crippen molar-refractivity contribution in [3.05, 3.63) is 23.8 Å². The fraction of sp³-hybridized carbons (Fsp3) is 0.529. The third-order valence-electron chi connectivity index (χ3n) is 4.33. The van der Waals surface area contributed by atoms with Gasteiger partial charge in [0.1, 0.15) is 6.04 Å². The zero-order chi connectivity index (χ0) is 16.9. The predicted molar refractivity (Wildman–Crippen MR) is 87.8 cm³/mol. The van der Waals surface area contributed by atoms with E-state index in [2.05, 4.69) is 16.0 Å². The summed E-state index contributed by atoms with van der Waals surface area (Å²) in [5.74, 6) is 1.25. The molecule has 1 fully saturated rings. The largest absolute Gasteiger partial charge is 0.454 e. The average Bonchev–Trinajstić information content (AvgIpc) is 3.23. The molecule has 0 unspecified atom stereocenters. The number of fused-ring (bicyclic) bond motifs is 1. The standard InChI is InChI=1S/C17H23N3O4/c1-11(16(21)20-13-4-2-3-5-13)19-17(22)18-9-12-6-7-14-15(8-12)24-10-23-14/h6-8,11,13H,2-5,9-10H2,1H3,(H,20,21)(H2,18,19,22)/t11-/m1/s1. The maximum absolute atomic E-state index is 12.1. The molecule has 0 bridgehead atoms. The molecule has 3 rings (SSSR count). The molecule has 0 radical (unpaired) electrons. The van der Waals surface area contributed by atoms with E-state index < -0.39 is 6.04 Å². The molecular weight excluding hydrogens is 310 g/mol. The Morgan fingerprint density at radius 2 is 1.96 bits per heavy atom. The number of hydrogen-bond donors (Lipinski definition) is 3. The molecule has 1 aliphatic heterocycles. The van der Waals surface area contributed by atoms with Crippen LogP contribution in [0, 0.1) is 0 Å². The molecule has 1 atom stereocenters. The van der Waals surface area contributed by atoms with Gasteiger partial charge in [0.2, 0.25) is 12.7 Å². The van der Waals surface area contributed by atoms with Crippen molar-refractivity contribution in [3.8, 4) is 11.5 Å². The Balaban J connectivity index is 1.42. The Kier molecular flexibility index (Phi) is 5.08. The maximum Gasteiger partial charge on any atom is 0.315 e. The molecule has 1 aromatic carbocycles. The highest BCUT2D eigenvalue weighted by molar-refractivity contribution is 5.86. The van der Waals surface area contributed by atoms with Gasteiger partial charge in [0.15, 0.2) is 11.5 Å². The number of hydrogen-bond acceptors (Lipinski definition) is 4. The minimum atomic E-state index is -0.567. The smallest absolute Gasteiger partial charge is 0.315 e. The molecule has 0 saturated heterocycles. The third kappa shape index (κ3) is 4.10. The number of amides is 3. The lowest BCUT2D eigenvalue weighted by molar-refractivity contribution is -0.123. The normalized spacial score (nSPS) is 17.4. The molecule has 24 heavy (non-hydrogen) atoms. The zero-order valence-electron chi connectivity index (χ0n) is 13.8. The summed E-state index contributed by atoms with van der Waals surface area (Å²) in [5.41, 5.74) is 0.900. The van der Waals surface area contributed by atoms with Crippen LogP contribution in [0.5, 0.6) is 11.5 Å². The SMILES string of the molecule is C[C@@H](NC(=O)NCc1ccc2c(c1)OCO2)C(=O)NC1CCCC1. The summed E-state index contributed by atoms with van der Waals surface area (Å²) >= 11 is 0. The van der Waals surface area contributed by atoms with Gasteiger partial charge >= 0.3 is 6.03 Å². The Labute approximate surface area is 141 Å². The Hall–Kier alpha value is -2.44. The van der Waals surface area contributed by atoms with Crippen LogP contribution in [0.1, 0.15) is 38.2 Å². The van der Waals surface area contributed by atoms with Gasteiger partial charge < -0.3 is 25.4 Å². The first kappa shape index (κ1) is 16.4. The van der Waals surface area contributed by atoms with Crippen molar-refractivity contribution in [2.24, 2.45) is 0 Å². The monoisotopic (exact) mass is 333 g/mol. The van der Waals surface area contributed by atoms with Crippen molar-refractivity contribution < 1.29 is 19.1 Å². The van der Waals surface area contributed by atoms with Gasteiger partial charge in [0.05, 0.1) is 0 Å². The second-order valence-corrected chi connectivity index (χ2v) is 6.23. The van der Waals surface area contributed by atoms with Crippen molar-refractivity contribution in [2.75, 3.05) is 6.79 Å². The van der Waals surface area contributed by atoms with Crippen LogP contribution in [0.15, 0.2) is 18.2 Å². The van der Waals surface area contributed by atoms with Crippen LogP contribution in [0.4, 0.5) is 4.79 Å². The van der Waals surface area contributed by atoms with E-state index >= 15 is 0 Å². The van der Waals surface area contributed by atoms with Crippen LogP contribution < -0.4 is 25.4 Å². The van der Waals surface area contributed by atoms with Crippen LogP contribution in [0.25, 0.3) is 0 Å². The minimum absolute atomic E-state index is 0.139. The first-order valence-corrected chi connectivity index (χ1v) is 8.35. The highest BCUT2D eigenvalue weighted by Crippen LogP contribution is 2.32. The van der Waals surface area contributed by atoms with Gasteiger partial charge in [-0.2, -0.15) is 0 Å². The molecule has 1 aromatic rings. The van der Waals surface area contributed by atoms with Crippen LogP contribution in [-0.4, -0.2) is 30.8 Å². The molecule has 2 aliphatic rings. The summed E-state index contributed by atoms with van der Waals surface area (Å²) < 4.78 is 10.5. The van der Waals surface area contributed by atoms with Crippen molar-refractivity contribution >= 4 is 11.9 Å². The van der Waals surface area contributed by atoms with Crippen LogP contribution in [0.3, 0.4) is 0 Å². The lowest BCUT2D eigenvalue weighted by Crippen LogP contribution is -2.50. The highest BCUT2D eigenvalue weighted by Gasteiger charge is 2.21. The van der Waals surface area contributed by atoms with Gasteiger partial charge in [-0.3, -0.25) is 4.79 Å². The van der Waals surface area contributed by atoms with E-state index in [9.17, 15) is 9.59 Å². The molecule has 1 saturated carbocycles. The molecule has 3 N–H and O–H groups in total. The summed E-state index contributed by atoms with van der Waals surface area (Å²) in [5, 5.41) is 8.38. The van der Waals surface area contributed by atoms with Crippen molar-refractivity contribution in [3.63, 3.8) is 0 Å². The third-order valence-corrected chi connectivity index (χ3v) is 4.33. The minimum Gasteiger partial charge on any atom is -0.454 e. The van der Waals surface area contributed by atoms with E-state index in [0.717, 1.165) is 31.2 Å². The second-order valence-electron chi connectivity index (χ2n) is 6.23. The predicted octanol–water partition coefficient (Wildman–Crippen LogP) is 1.66. The van der Waals surface area contributed by atoms with Gasteiger partial charge in [0.25, 0.3) is 0 Å². The molecule has 7 nitrogen and oxygen atoms in total. The number of carbonyl (C=O) groups is 2. The Bertz CT molecular complexity index is 614. The van der Waals surface area contributed by atoms with E-state index in [1.54, 1.807) is 6.92 Å². The Morgan fingerprint density at radius 1 is 1.21 bits per heavy atom. The lowest BCUT2D eigenvalue weighted by Gasteiger charge is -2.18. The highest BCUT2D eigenvalue weighted by atomic mass is 16.7.